The number of ether oxygens (including phenoxy) is 1. The van der Waals surface area contributed by atoms with Gasteiger partial charge in [0.1, 0.15) is 11.6 Å². The van der Waals surface area contributed by atoms with Crippen molar-refractivity contribution < 1.29 is 13.9 Å². The average molecular weight is 338 g/mol. The molecule has 2 aromatic carbocycles. The summed E-state index contributed by atoms with van der Waals surface area (Å²) < 4.78 is 19.7. The number of rotatable bonds is 4. The molecule has 0 heterocycles. The Bertz CT molecular complexity index is 631. The average Bonchev–Trinajstić information content (AvgIpc) is 2.44. The van der Waals surface area contributed by atoms with Crippen molar-refractivity contribution in [1.82, 2.24) is 0 Å². The summed E-state index contributed by atoms with van der Waals surface area (Å²) in [5.74, 6) is -0.533. The molecule has 0 saturated heterocycles. The Labute approximate surface area is 124 Å². The van der Waals surface area contributed by atoms with Crippen LogP contribution >= 0.6 is 15.9 Å². The molecule has 0 saturated carbocycles. The summed E-state index contributed by atoms with van der Waals surface area (Å²) in [5, 5.41) is 2.65. The van der Waals surface area contributed by atoms with Crippen molar-refractivity contribution in [3.63, 3.8) is 0 Å². The Kier molecular flexibility index (Phi) is 4.74. The predicted octanol–water partition coefficient (Wildman–Crippen LogP) is 4.24. The van der Waals surface area contributed by atoms with E-state index >= 15 is 0 Å². The van der Waals surface area contributed by atoms with E-state index in [2.05, 4.69) is 21.2 Å². The van der Waals surface area contributed by atoms with Gasteiger partial charge < -0.3 is 10.1 Å². The highest BCUT2D eigenvalue weighted by Gasteiger charge is 2.14. The topological polar surface area (TPSA) is 38.3 Å². The first kappa shape index (κ1) is 14.5. The van der Waals surface area contributed by atoms with Crippen LogP contribution in [-0.2, 0) is 0 Å². The maximum atomic E-state index is 13.7. The van der Waals surface area contributed by atoms with E-state index < -0.39 is 11.7 Å². The molecular formula is C15H13BrFNO2. The van der Waals surface area contributed by atoms with E-state index in [1.54, 1.807) is 30.3 Å². The van der Waals surface area contributed by atoms with Gasteiger partial charge in [0.15, 0.2) is 0 Å². The van der Waals surface area contributed by atoms with Crippen molar-refractivity contribution >= 4 is 27.5 Å². The van der Waals surface area contributed by atoms with Crippen molar-refractivity contribution in [2.75, 3.05) is 11.9 Å². The highest BCUT2D eigenvalue weighted by atomic mass is 79.9. The monoisotopic (exact) mass is 337 g/mol. The van der Waals surface area contributed by atoms with Gasteiger partial charge in [-0.05, 0) is 37.3 Å². The summed E-state index contributed by atoms with van der Waals surface area (Å²) >= 11 is 3.22. The van der Waals surface area contributed by atoms with Crippen LogP contribution in [0.1, 0.15) is 17.3 Å². The fourth-order valence-corrected chi connectivity index (χ4v) is 2.07. The number of carbonyl (C=O) groups is 1. The lowest BCUT2D eigenvalue weighted by Gasteiger charge is -2.11. The summed E-state index contributed by atoms with van der Waals surface area (Å²) in [6, 6.07) is 11.3. The van der Waals surface area contributed by atoms with Crippen molar-refractivity contribution in [3.8, 4) is 5.75 Å². The Morgan fingerprint density at radius 3 is 2.80 bits per heavy atom. The number of benzene rings is 2. The van der Waals surface area contributed by atoms with Crippen molar-refractivity contribution in [3.05, 3.63) is 58.3 Å². The molecular weight excluding hydrogens is 325 g/mol. The largest absolute Gasteiger partial charge is 0.492 e. The Balaban J connectivity index is 2.26. The second-order valence-corrected chi connectivity index (χ2v) is 4.92. The summed E-state index contributed by atoms with van der Waals surface area (Å²) in [5.41, 5.74) is 0.490. The molecule has 0 unspecified atom stereocenters. The third-order valence-corrected chi connectivity index (χ3v) is 3.10. The van der Waals surface area contributed by atoms with Crippen LogP contribution in [0.3, 0.4) is 0 Å². The maximum Gasteiger partial charge on any atom is 0.258 e. The van der Waals surface area contributed by atoms with Gasteiger partial charge in [0.2, 0.25) is 0 Å². The minimum Gasteiger partial charge on any atom is -0.492 e. The number of anilines is 1. The zero-order valence-electron chi connectivity index (χ0n) is 10.8. The summed E-state index contributed by atoms with van der Waals surface area (Å²) in [4.78, 5) is 12.1. The van der Waals surface area contributed by atoms with Crippen molar-refractivity contribution in [2.24, 2.45) is 0 Å². The lowest BCUT2D eigenvalue weighted by atomic mass is 10.2. The molecule has 0 aliphatic carbocycles. The standard InChI is InChI=1S/C15H13BrFNO2/c1-2-20-14-6-4-3-5-13(14)18-15(19)11-9-10(16)7-8-12(11)17/h3-9H,2H2,1H3,(H,18,19). The molecule has 0 bridgehead atoms. The van der Waals surface area contributed by atoms with E-state index in [0.717, 1.165) is 0 Å². The van der Waals surface area contributed by atoms with Crippen LogP contribution in [0.15, 0.2) is 46.9 Å². The number of amides is 1. The highest BCUT2D eigenvalue weighted by Crippen LogP contribution is 2.25. The van der Waals surface area contributed by atoms with Crippen LogP contribution in [0.5, 0.6) is 5.75 Å². The number of nitrogens with one attached hydrogen (secondary N) is 1. The molecule has 0 aliphatic heterocycles. The lowest BCUT2D eigenvalue weighted by Crippen LogP contribution is -2.14. The second kappa shape index (κ2) is 6.52. The van der Waals surface area contributed by atoms with Gasteiger partial charge in [-0.2, -0.15) is 0 Å². The third kappa shape index (κ3) is 3.36. The fraction of sp³-hybridized carbons (Fsp3) is 0.133. The quantitative estimate of drug-likeness (QED) is 0.906. The molecule has 5 heteroatoms. The lowest BCUT2D eigenvalue weighted by molar-refractivity contribution is 0.102. The first-order valence-electron chi connectivity index (χ1n) is 6.10. The van der Waals surface area contributed by atoms with Crippen LogP contribution in [0.4, 0.5) is 10.1 Å². The van der Waals surface area contributed by atoms with Gasteiger partial charge in [0.25, 0.3) is 5.91 Å². The number of hydrogen-bond acceptors (Lipinski definition) is 2. The van der Waals surface area contributed by atoms with Gasteiger partial charge >= 0.3 is 0 Å². The molecule has 1 amide bonds. The van der Waals surface area contributed by atoms with Gasteiger partial charge in [-0.1, -0.05) is 28.1 Å². The van der Waals surface area contributed by atoms with E-state index in [0.29, 0.717) is 22.5 Å². The molecule has 104 valence electrons. The molecule has 0 spiro atoms. The molecule has 0 aromatic heterocycles. The molecule has 0 aliphatic rings. The summed E-state index contributed by atoms with van der Waals surface area (Å²) in [6.07, 6.45) is 0. The van der Waals surface area contributed by atoms with Crippen molar-refractivity contribution in [2.45, 2.75) is 6.92 Å². The van der Waals surface area contributed by atoms with Gasteiger partial charge in [0.05, 0.1) is 17.9 Å². The normalized spacial score (nSPS) is 10.2. The molecule has 2 aromatic rings. The molecule has 20 heavy (non-hydrogen) atoms. The number of halogens is 2. The van der Waals surface area contributed by atoms with Gasteiger partial charge in [-0.15, -0.1) is 0 Å². The zero-order valence-corrected chi connectivity index (χ0v) is 12.4. The highest BCUT2D eigenvalue weighted by molar-refractivity contribution is 9.10. The Hall–Kier alpha value is -1.88. The Morgan fingerprint density at radius 1 is 1.30 bits per heavy atom. The fourth-order valence-electron chi connectivity index (χ4n) is 1.71. The molecule has 0 fully saturated rings. The molecule has 2 rings (SSSR count). The van der Waals surface area contributed by atoms with E-state index in [1.165, 1.54) is 12.1 Å². The van der Waals surface area contributed by atoms with Crippen LogP contribution in [-0.4, -0.2) is 12.5 Å². The number of carbonyl (C=O) groups excluding carboxylic acids is 1. The molecule has 0 atom stereocenters. The molecule has 3 nitrogen and oxygen atoms in total. The second-order valence-electron chi connectivity index (χ2n) is 4.01. The van der Waals surface area contributed by atoms with Gasteiger partial charge in [-0.25, -0.2) is 4.39 Å². The Morgan fingerprint density at radius 2 is 2.05 bits per heavy atom. The minimum absolute atomic E-state index is 0.0225. The van der Waals surface area contributed by atoms with Crippen LogP contribution in [0.25, 0.3) is 0 Å². The van der Waals surface area contributed by atoms with E-state index in [9.17, 15) is 9.18 Å². The van der Waals surface area contributed by atoms with Crippen LogP contribution < -0.4 is 10.1 Å². The molecule has 1 N–H and O–H groups in total. The number of para-hydroxylation sites is 2. The van der Waals surface area contributed by atoms with Gasteiger partial charge in [0, 0.05) is 4.47 Å². The maximum absolute atomic E-state index is 13.7. The zero-order chi connectivity index (χ0) is 14.5. The SMILES string of the molecule is CCOc1ccccc1NC(=O)c1cc(Br)ccc1F. The number of hydrogen-bond donors (Lipinski definition) is 1. The summed E-state index contributed by atoms with van der Waals surface area (Å²) in [7, 11) is 0. The van der Waals surface area contributed by atoms with Crippen molar-refractivity contribution in [1.29, 1.82) is 0 Å². The van der Waals surface area contributed by atoms with Crippen LogP contribution in [0.2, 0.25) is 0 Å². The smallest absolute Gasteiger partial charge is 0.258 e. The van der Waals surface area contributed by atoms with Gasteiger partial charge in [-0.3, -0.25) is 4.79 Å². The third-order valence-electron chi connectivity index (χ3n) is 2.61. The van der Waals surface area contributed by atoms with E-state index in [4.69, 9.17) is 4.74 Å². The minimum atomic E-state index is -0.570. The first-order chi connectivity index (χ1) is 9.61. The summed E-state index contributed by atoms with van der Waals surface area (Å²) in [6.45, 7) is 2.34. The predicted molar refractivity (Wildman–Crippen MR) is 79.7 cm³/mol. The first-order valence-corrected chi connectivity index (χ1v) is 6.89. The van der Waals surface area contributed by atoms with E-state index in [-0.39, 0.29) is 5.56 Å². The van der Waals surface area contributed by atoms with E-state index in [1.807, 2.05) is 6.92 Å². The molecule has 0 radical (unpaired) electrons. The van der Waals surface area contributed by atoms with Crippen LogP contribution in [0, 0.1) is 5.82 Å².